The molecule has 2 aromatic carbocycles. The number of fused-ring (bicyclic) bond motifs is 1. The average molecular weight is 473 g/mol. The van der Waals surface area contributed by atoms with Crippen LogP contribution in [0.3, 0.4) is 0 Å². The molecule has 0 atom stereocenters. The molecule has 5 rings (SSSR count). The van der Waals surface area contributed by atoms with Crippen molar-refractivity contribution < 1.29 is 4.39 Å². The monoisotopic (exact) mass is 472 g/mol. The van der Waals surface area contributed by atoms with Gasteiger partial charge >= 0.3 is 0 Å². The van der Waals surface area contributed by atoms with E-state index in [0.29, 0.717) is 5.02 Å². The van der Waals surface area contributed by atoms with E-state index < -0.39 is 0 Å². The summed E-state index contributed by atoms with van der Waals surface area (Å²) in [5.74, 6) is 0.644. The van der Waals surface area contributed by atoms with Gasteiger partial charge in [-0.15, -0.1) is 11.3 Å². The van der Waals surface area contributed by atoms with E-state index in [1.54, 1.807) is 11.3 Å². The summed E-state index contributed by atoms with van der Waals surface area (Å²) in [5.41, 5.74) is 3.25. The van der Waals surface area contributed by atoms with Crippen LogP contribution in [-0.2, 0) is 0 Å². The van der Waals surface area contributed by atoms with Gasteiger partial charge in [0.05, 0.1) is 5.39 Å². The zero-order valence-corrected chi connectivity index (χ0v) is 19.1. The number of halogens is 3. The first kappa shape index (κ1) is 20.5. The fourth-order valence-corrected chi connectivity index (χ4v) is 5.47. The average Bonchev–Trinajstić information content (AvgIpc) is 3.10. The van der Waals surface area contributed by atoms with E-state index in [4.69, 9.17) is 23.2 Å². The van der Waals surface area contributed by atoms with Gasteiger partial charge in [-0.05, 0) is 60.5 Å². The highest BCUT2D eigenvalue weighted by Gasteiger charge is 2.25. The number of rotatable bonds is 3. The highest BCUT2D eigenvalue weighted by molar-refractivity contribution is 7.19. The third kappa shape index (κ3) is 3.95. The van der Waals surface area contributed by atoms with Crippen molar-refractivity contribution in [1.29, 1.82) is 0 Å². The fraction of sp³-hybridized carbons (Fsp3) is 0.217. The second-order valence-electron chi connectivity index (χ2n) is 7.49. The number of hydrogen-bond acceptors (Lipinski definition) is 5. The predicted octanol–water partition coefficient (Wildman–Crippen LogP) is 6.44. The van der Waals surface area contributed by atoms with Gasteiger partial charge in [-0.25, -0.2) is 9.37 Å². The molecule has 0 N–H and O–H groups in total. The molecule has 3 heterocycles. The second kappa shape index (κ2) is 8.26. The number of aromatic nitrogens is 2. The molecule has 158 valence electrons. The Hall–Kier alpha value is -2.41. The third-order valence-electron chi connectivity index (χ3n) is 5.59. The van der Waals surface area contributed by atoms with E-state index in [1.165, 1.54) is 17.0 Å². The summed E-state index contributed by atoms with van der Waals surface area (Å²) in [7, 11) is 0. The molecule has 4 aromatic rings. The maximum absolute atomic E-state index is 13.3. The lowest BCUT2D eigenvalue weighted by atomic mass is 10.0. The molecule has 0 unspecified atom stereocenters. The Morgan fingerprint density at radius 2 is 1.52 bits per heavy atom. The van der Waals surface area contributed by atoms with Gasteiger partial charge in [0.2, 0.25) is 5.28 Å². The molecule has 1 aliphatic heterocycles. The van der Waals surface area contributed by atoms with Crippen LogP contribution in [0.5, 0.6) is 0 Å². The summed E-state index contributed by atoms with van der Waals surface area (Å²) in [5, 5.41) is 1.99. The predicted molar refractivity (Wildman–Crippen MR) is 128 cm³/mol. The van der Waals surface area contributed by atoms with Gasteiger partial charge in [0.1, 0.15) is 16.5 Å². The van der Waals surface area contributed by atoms with Crippen LogP contribution < -0.4 is 9.80 Å². The quantitative estimate of drug-likeness (QED) is 0.321. The number of hydrogen-bond donors (Lipinski definition) is 0. The van der Waals surface area contributed by atoms with E-state index in [2.05, 4.69) is 26.7 Å². The number of aryl methyl sites for hydroxylation is 1. The highest BCUT2D eigenvalue weighted by atomic mass is 35.5. The summed E-state index contributed by atoms with van der Waals surface area (Å²) in [6.07, 6.45) is 0. The maximum atomic E-state index is 13.3. The van der Waals surface area contributed by atoms with Crippen LogP contribution in [0.1, 0.15) is 4.88 Å². The van der Waals surface area contributed by atoms with Crippen LogP contribution in [0, 0.1) is 12.7 Å². The zero-order chi connectivity index (χ0) is 21.5. The standard InChI is InChI=1S/C23H19Cl2FN4S/c1-14-19(15-2-4-16(24)5-3-15)20-21(27-23(25)28-22(20)31-14)30-12-10-29(11-13-30)18-8-6-17(26)7-9-18/h2-9H,10-13H2,1H3. The molecule has 8 heteroatoms. The van der Waals surface area contributed by atoms with Gasteiger partial charge in [0.15, 0.2) is 0 Å². The minimum Gasteiger partial charge on any atom is -0.368 e. The van der Waals surface area contributed by atoms with Gasteiger partial charge in [-0.3, -0.25) is 0 Å². The molecule has 4 nitrogen and oxygen atoms in total. The number of piperazine rings is 1. The number of benzene rings is 2. The number of nitrogens with zero attached hydrogens (tertiary/aromatic N) is 4. The van der Waals surface area contributed by atoms with Crippen LogP contribution in [0.15, 0.2) is 48.5 Å². The SMILES string of the molecule is Cc1sc2nc(Cl)nc(N3CCN(c4ccc(F)cc4)CC3)c2c1-c1ccc(Cl)cc1. The summed E-state index contributed by atoms with van der Waals surface area (Å²) in [6.45, 7) is 5.30. The topological polar surface area (TPSA) is 32.3 Å². The van der Waals surface area contributed by atoms with Crippen LogP contribution in [-0.4, -0.2) is 36.1 Å². The van der Waals surface area contributed by atoms with Crippen molar-refractivity contribution in [3.63, 3.8) is 0 Å². The minimum atomic E-state index is -0.219. The van der Waals surface area contributed by atoms with E-state index >= 15 is 0 Å². The maximum Gasteiger partial charge on any atom is 0.225 e. The van der Waals surface area contributed by atoms with Gasteiger partial charge in [0.25, 0.3) is 0 Å². The molecule has 0 spiro atoms. The van der Waals surface area contributed by atoms with E-state index in [-0.39, 0.29) is 11.1 Å². The van der Waals surface area contributed by atoms with Gasteiger partial charge in [-0.2, -0.15) is 4.98 Å². The first-order chi connectivity index (χ1) is 15.0. The Kier molecular flexibility index (Phi) is 5.46. The first-order valence-corrected chi connectivity index (χ1v) is 11.5. The van der Waals surface area contributed by atoms with Crippen LogP contribution >= 0.6 is 34.5 Å². The molecule has 2 aromatic heterocycles. The molecule has 1 saturated heterocycles. The molecular weight excluding hydrogens is 454 g/mol. The van der Waals surface area contributed by atoms with Crippen molar-refractivity contribution in [2.75, 3.05) is 36.0 Å². The smallest absolute Gasteiger partial charge is 0.225 e. The molecule has 0 bridgehead atoms. The Bertz CT molecular complexity index is 1230. The lowest BCUT2D eigenvalue weighted by molar-refractivity contribution is 0.624. The van der Waals surface area contributed by atoms with Gasteiger partial charge in [-0.1, -0.05) is 23.7 Å². The number of anilines is 2. The van der Waals surface area contributed by atoms with Crippen LogP contribution in [0.4, 0.5) is 15.9 Å². The Morgan fingerprint density at radius 1 is 0.871 bits per heavy atom. The Balaban J connectivity index is 1.51. The minimum absolute atomic E-state index is 0.219. The van der Waals surface area contributed by atoms with E-state index in [9.17, 15) is 4.39 Å². The molecule has 1 fully saturated rings. The Labute approximate surface area is 193 Å². The summed E-state index contributed by atoms with van der Waals surface area (Å²) >= 11 is 14.0. The summed E-state index contributed by atoms with van der Waals surface area (Å²) < 4.78 is 13.3. The molecule has 0 radical (unpaired) electrons. The van der Waals surface area contributed by atoms with E-state index in [0.717, 1.165) is 59.0 Å². The van der Waals surface area contributed by atoms with Crippen molar-refractivity contribution >= 4 is 56.3 Å². The molecule has 1 aliphatic rings. The van der Waals surface area contributed by atoms with Crippen molar-refractivity contribution in [3.05, 3.63) is 69.5 Å². The lowest BCUT2D eigenvalue weighted by Crippen LogP contribution is -2.47. The zero-order valence-electron chi connectivity index (χ0n) is 16.8. The second-order valence-corrected chi connectivity index (χ2v) is 9.46. The molecule has 31 heavy (non-hydrogen) atoms. The summed E-state index contributed by atoms with van der Waals surface area (Å²) in [6, 6.07) is 14.5. The normalized spacial score (nSPS) is 14.5. The van der Waals surface area contributed by atoms with Crippen molar-refractivity contribution in [2.45, 2.75) is 6.92 Å². The third-order valence-corrected chi connectivity index (χ3v) is 7.01. The largest absolute Gasteiger partial charge is 0.368 e. The van der Waals surface area contributed by atoms with Gasteiger partial charge < -0.3 is 9.80 Å². The molecule has 0 aliphatic carbocycles. The molecular formula is C23H19Cl2FN4S. The molecule has 0 saturated carbocycles. The fourth-order valence-electron chi connectivity index (χ4n) is 4.09. The van der Waals surface area contributed by atoms with Gasteiger partial charge in [0, 0.05) is 47.3 Å². The van der Waals surface area contributed by atoms with Crippen LogP contribution in [0.25, 0.3) is 21.3 Å². The van der Waals surface area contributed by atoms with Crippen molar-refractivity contribution in [2.24, 2.45) is 0 Å². The van der Waals surface area contributed by atoms with Crippen LogP contribution in [0.2, 0.25) is 10.3 Å². The number of thiophene rings is 1. The lowest BCUT2D eigenvalue weighted by Gasteiger charge is -2.37. The first-order valence-electron chi connectivity index (χ1n) is 9.97. The van der Waals surface area contributed by atoms with Crippen molar-refractivity contribution in [1.82, 2.24) is 9.97 Å². The molecule has 0 amide bonds. The summed E-state index contributed by atoms with van der Waals surface area (Å²) in [4.78, 5) is 15.7. The van der Waals surface area contributed by atoms with E-state index in [1.807, 2.05) is 36.4 Å². The Morgan fingerprint density at radius 3 is 2.19 bits per heavy atom. The highest BCUT2D eigenvalue weighted by Crippen LogP contribution is 2.42. The van der Waals surface area contributed by atoms with Crippen molar-refractivity contribution in [3.8, 4) is 11.1 Å².